The molecule has 1 aliphatic heterocycles. The van der Waals surface area contributed by atoms with Crippen molar-refractivity contribution in [1.82, 2.24) is 9.88 Å². The molecule has 2 rings (SSSR count). The summed E-state index contributed by atoms with van der Waals surface area (Å²) in [5.74, 6) is 0.781. The highest BCUT2D eigenvalue weighted by molar-refractivity contribution is 7.09. The Morgan fingerprint density at radius 2 is 2.22 bits per heavy atom. The van der Waals surface area contributed by atoms with E-state index in [1.807, 2.05) is 4.90 Å². The van der Waals surface area contributed by atoms with Gasteiger partial charge in [-0.2, -0.15) is 0 Å². The third-order valence-electron chi connectivity index (χ3n) is 3.88. The summed E-state index contributed by atoms with van der Waals surface area (Å²) in [7, 11) is 1.56. The summed E-state index contributed by atoms with van der Waals surface area (Å²) in [6.45, 7) is 6.09. The number of amides is 1. The highest BCUT2D eigenvalue weighted by atomic mass is 35.5. The third-order valence-corrected chi connectivity index (χ3v) is 4.90. The van der Waals surface area contributed by atoms with Crippen molar-refractivity contribution >= 4 is 42.1 Å². The molecule has 8 heteroatoms. The average Bonchev–Trinajstić information content (AvgIpc) is 2.97. The summed E-state index contributed by atoms with van der Waals surface area (Å²) in [5.41, 5.74) is 7.01. The number of carbonyl (C=O) groups excluding carboxylic acids is 1. The number of methoxy groups -OCH3 is 1. The number of piperidine rings is 1. The maximum Gasteiger partial charge on any atom is 0.241 e. The SMILES string of the molecule is COCC(N)C(=O)N1CCCC(c2nc(C(C)C)cs2)C1.Cl.Cl. The van der Waals surface area contributed by atoms with Crippen LogP contribution in [0.2, 0.25) is 0 Å². The molecule has 1 amide bonds. The van der Waals surface area contributed by atoms with Crippen LogP contribution in [0.25, 0.3) is 0 Å². The Bertz CT molecular complexity index is 485. The molecule has 1 fully saturated rings. The molecule has 2 heterocycles. The lowest BCUT2D eigenvalue weighted by Crippen LogP contribution is -2.49. The van der Waals surface area contributed by atoms with E-state index in [4.69, 9.17) is 15.5 Å². The third kappa shape index (κ3) is 5.87. The zero-order valence-electron chi connectivity index (χ0n) is 13.9. The Kier molecular flexibility index (Phi) is 10.3. The second kappa shape index (κ2) is 10.5. The normalized spacial score (nSPS) is 19.0. The maximum absolute atomic E-state index is 12.3. The highest BCUT2D eigenvalue weighted by Crippen LogP contribution is 2.31. The summed E-state index contributed by atoms with van der Waals surface area (Å²) in [6, 6.07) is -0.559. The van der Waals surface area contributed by atoms with E-state index in [0.717, 1.165) is 36.6 Å². The fraction of sp³-hybridized carbons (Fsp3) is 0.733. The van der Waals surface area contributed by atoms with E-state index in [2.05, 4.69) is 19.2 Å². The zero-order chi connectivity index (χ0) is 15.4. The van der Waals surface area contributed by atoms with E-state index in [1.54, 1.807) is 18.4 Å². The van der Waals surface area contributed by atoms with Crippen LogP contribution in [-0.2, 0) is 9.53 Å². The second-order valence-electron chi connectivity index (χ2n) is 5.95. The van der Waals surface area contributed by atoms with E-state index in [-0.39, 0.29) is 37.3 Å². The molecule has 23 heavy (non-hydrogen) atoms. The van der Waals surface area contributed by atoms with Crippen molar-refractivity contribution in [3.05, 3.63) is 16.1 Å². The van der Waals surface area contributed by atoms with Gasteiger partial charge in [-0.3, -0.25) is 4.79 Å². The van der Waals surface area contributed by atoms with Crippen molar-refractivity contribution in [3.63, 3.8) is 0 Å². The summed E-state index contributed by atoms with van der Waals surface area (Å²) < 4.78 is 4.97. The number of aromatic nitrogens is 1. The van der Waals surface area contributed by atoms with Crippen LogP contribution in [0.15, 0.2) is 5.38 Å². The van der Waals surface area contributed by atoms with Crippen molar-refractivity contribution in [3.8, 4) is 0 Å². The van der Waals surface area contributed by atoms with Crippen LogP contribution in [0.4, 0.5) is 0 Å². The Morgan fingerprint density at radius 3 is 2.78 bits per heavy atom. The van der Waals surface area contributed by atoms with Crippen LogP contribution in [0.3, 0.4) is 0 Å². The molecule has 1 saturated heterocycles. The molecular weight excluding hydrogens is 357 g/mol. The molecule has 0 radical (unpaired) electrons. The van der Waals surface area contributed by atoms with Crippen LogP contribution in [0.5, 0.6) is 0 Å². The minimum atomic E-state index is -0.559. The Balaban J connectivity index is 0.00000242. The van der Waals surface area contributed by atoms with Gasteiger partial charge >= 0.3 is 0 Å². The van der Waals surface area contributed by atoms with Gasteiger partial charge in [0.15, 0.2) is 0 Å². The lowest BCUT2D eigenvalue weighted by Gasteiger charge is -2.33. The number of rotatable bonds is 5. The highest BCUT2D eigenvalue weighted by Gasteiger charge is 2.29. The molecular formula is C15H27Cl2N3O2S. The smallest absolute Gasteiger partial charge is 0.241 e. The number of ether oxygens (including phenoxy) is 1. The first kappa shape index (κ1) is 22.6. The fourth-order valence-electron chi connectivity index (χ4n) is 2.62. The van der Waals surface area contributed by atoms with Crippen LogP contribution in [0.1, 0.15) is 49.2 Å². The number of hydrogen-bond donors (Lipinski definition) is 1. The van der Waals surface area contributed by atoms with E-state index >= 15 is 0 Å². The average molecular weight is 384 g/mol. The standard InChI is InChI=1S/C15H25N3O2S.2ClH/c1-10(2)13-9-21-14(17-13)11-5-4-6-18(7-11)15(19)12(16)8-20-3;;/h9-12H,4-8,16H2,1-3H3;2*1H. The van der Waals surface area contributed by atoms with Gasteiger partial charge in [-0.15, -0.1) is 36.2 Å². The van der Waals surface area contributed by atoms with Gasteiger partial charge in [0.05, 0.1) is 17.3 Å². The van der Waals surface area contributed by atoms with Crippen LogP contribution in [0, 0.1) is 0 Å². The van der Waals surface area contributed by atoms with Gasteiger partial charge in [0, 0.05) is 31.5 Å². The predicted molar refractivity (Wildman–Crippen MR) is 99.1 cm³/mol. The second-order valence-corrected chi connectivity index (χ2v) is 6.84. The number of nitrogens with zero attached hydrogens (tertiary/aromatic N) is 2. The lowest BCUT2D eigenvalue weighted by molar-refractivity contribution is -0.135. The molecule has 0 spiro atoms. The lowest BCUT2D eigenvalue weighted by atomic mass is 9.98. The molecule has 1 aromatic heterocycles. The molecule has 0 saturated carbocycles. The Morgan fingerprint density at radius 1 is 1.52 bits per heavy atom. The van der Waals surface area contributed by atoms with Gasteiger partial charge in [0.1, 0.15) is 6.04 Å². The first-order valence-corrected chi connectivity index (χ1v) is 8.39. The molecule has 1 aliphatic rings. The fourth-order valence-corrected chi connectivity index (χ4v) is 3.73. The van der Waals surface area contributed by atoms with Crippen molar-refractivity contribution in [1.29, 1.82) is 0 Å². The summed E-state index contributed by atoms with van der Waals surface area (Å²) >= 11 is 1.71. The zero-order valence-corrected chi connectivity index (χ0v) is 16.3. The van der Waals surface area contributed by atoms with E-state index in [0.29, 0.717) is 11.8 Å². The first-order valence-electron chi connectivity index (χ1n) is 7.51. The Labute approximate surface area is 154 Å². The van der Waals surface area contributed by atoms with E-state index < -0.39 is 6.04 Å². The van der Waals surface area contributed by atoms with Crippen molar-refractivity contribution in [2.75, 3.05) is 26.8 Å². The van der Waals surface area contributed by atoms with Gasteiger partial charge in [-0.05, 0) is 18.8 Å². The molecule has 134 valence electrons. The molecule has 0 bridgehead atoms. The molecule has 0 aromatic carbocycles. The summed E-state index contributed by atoms with van der Waals surface area (Å²) in [5, 5.41) is 3.29. The number of nitrogens with two attached hydrogens (primary N) is 1. The van der Waals surface area contributed by atoms with Gasteiger partial charge in [0.25, 0.3) is 0 Å². The number of carbonyl (C=O) groups is 1. The molecule has 1 aromatic rings. The monoisotopic (exact) mass is 383 g/mol. The van der Waals surface area contributed by atoms with Gasteiger partial charge in [-0.1, -0.05) is 13.8 Å². The van der Waals surface area contributed by atoms with Gasteiger partial charge in [-0.25, -0.2) is 4.98 Å². The van der Waals surface area contributed by atoms with Gasteiger partial charge < -0.3 is 15.4 Å². The predicted octanol–water partition coefficient (Wildman–Crippen LogP) is 2.79. The first-order chi connectivity index (χ1) is 10.0. The van der Waals surface area contributed by atoms with Crippen LogP contribution < -0.4 is 5.73 Å². The van der Waals surface area contributed by atoms with Gasteiger partial charge in [0.2, 0.25) is 5.91 Å². The summed E-state index contributed by atoms with van der Waals surface area (Å²) in [4.78, 5) is 18.9. The van der Waals surface area contributed by atoms with Crippen molar-refractivity contribution in [2.45, 2.75) is 44.6 Å². The largest absolute Gasteiger partial charge is 0.383 e. The topological polar surface area (TPSA) is 68.5 Å². The van der Waals surface area contributed by atoms with Crippen molar-refractivity contribution < 1.29 is 9.53 Å². The minimum Gasteiger partial charge on any atom is -0.383 e. The van der Waals surface area contributed by atoms with Crippen LogP contribution >= 0.6 is 36.2 Å². The van der Waals surface area contributed by atoms with Crippen molar-refractivity contribution in [2.24, 2.45) is 5.73 Å². The number of thiazole rings is 1. The quantitative estimate of drug-likeness (QED) is 0.848. The molecule has 5 nitrogen and oxygen atoms in total. The molecule has 2 N–H and O–H groups in total. The number of halogens is 2. The van der Waals surface area contributed by atoms with E-state index in [9.17, 15) is 4.79 Å². The molecule has 0 aliphatic carbocycles. The maximum atomic E-state index is 12.3. The number of likely N-dealkylation sites (tertiary alicyclic amines) is 1. The minimum absolute atomic E-state index is 0. The number of hydrogen-bond acceptors (Lipinski definition) is 5. The van der Waals surface area contributed by atoms with E-state index in [1.165, 1.54) is 0 Å². The van der Waals surface area contributed by atoms with Crippen LogP contribution in [-0.4, -0.2) is 48.6 Å². The molecule has 2 atom stereocenters. The molecule has 2 unspecified atom stereocenters. The Hall–Kier alpha value is -0.400. The summed E-state index contributed by atoms with van der Waals surface area (Å²) in [6.07, 6.45) is 2.10.